The van der Waals surface area contributed by atoms with Gasteiger partial charge in [0.05, 0.1) is 0 Å². The van der Waals surface area contributed by atoms with E-state index in [-0.39, 0.29) is 11.4 Å². The molecule has 0 aliphatic carbocycles. The summed E-state index contributed by atoms with van der Waals surface area (Å²) in [4.78, 5) is 0. The Balaban J connectivity index is 3.32. The molecule has 0 saturated carbocycles. The van der Waals surface area contributed by atoms with Crippen LogP contribution >= 0.6 is 0 Å². The van der Waals surface area contributed by atoms with Crippen molar-refractivity contribution in [3.8, 4) is 0 Å². The van der Waals surface area contributed by atoms with Crippen LogP contribution in [0.25, 0.3) is 0 Å². The van der Waals surface area contributed by atoms with Crippen molar-refractivity contribution in [2.24, 2.45) is 0 Å². The van der Waals surface area contributed by atoms with Crippen molar-refractivity contribution < 1.29 is 14.4 Å². The summed E-state index contributed by atoms with van der Waals surface area (Å²) in [5.41, 5.74) is 1.31. The molecule has 14 heavy (non-hydrogen) atoms. The van der Waals surface area contributed by atoms with Gasteiger partial charge in [0.15, 0.2) is 0 Å². The number of rotatable bonds is 2. The molecule has 1 aromatic carbocycles. The van der Waals surface area contributed by atoms with Gasteiger partial charge in [0.25, 0.3) is 0 Å². The summed E-state index contributed by atoms with van der Waals surface area (Å²) < 4.78 is 13.6. The number of aryl methyl sites for hydroxylation is 1. The van der Waals surface area contributed by atoms with E-state index in [4.69, 9.17) is 10.0 Å². The minimum absolute atomic E-state index is 0.0346. The number of hydrogen-bond donors (Lipinski definition) is 2. The summed E-state index contributed by atoms with van der Waals surface area (Å²) in [6, 6.07) is 3.18. The minimum Gasteiger partial charge on any atom is -0.423 e. The molecule has 0 amide bonds. The standard InChI is InChI=1S/C10H14BFO2/c1-6(2)8-4-7(3)5-9(10(8)12)11(13)14/h4-6,13-14H,1-3H3. The van der Waals surface area contributed by atoms with Crippen molar-refractivity contribution in [3.63, 3.8) is 0 Å². The van der Waals surface area contributed by atoms with Gasteiger partial charge in [-0.25, -0.2) is 4.39 Å². The average molecular weight is 196 g/mol. The van der Waals surface area contributed by atoms with Crippen LogP contribution in [-0.2, 0) is 0 Å². The smallest absolute Gasteiger partial charge is 0.423 e. The zero-order valence-electron chi connectivity index (χ0n) is 8.58. The lowest BCUT2D eigenvalue weighted by molar-refractivity contribution is 0.422. The maximum atomic E-state index is 13.6. The Bertz CT molecular complexity index is 308. The number of hydrogen-bond acceptors (Lipinski definition) is 2. The first-order chi connectivity index (χ1) is 6.43. The van der Waals surface area contributed by atoms with Crippen LogP contribution < -0.4 is 5.46 Å². The predicted molar refractivity (Wildman–Crippen MR) is 55.1 cm³/mol. The van der Waals surface area contributed by atoms with Crippen molar-refractivity contribution in [2.45, 2.75) is 26.7 Å². The van der Waals surface area contributed by atoms with Crippen molar-refractivity contribution in [3.05, 3.63) is 29.1 Å². The van der Waals surface area contributed by atoms with Gasteiger partial charge in [0.2, 0.25) is 0 Å². The van der Waals surface area contributed by atoms with Crippen molar-refractivity contribution >= 4 is 12.6 Å². The molecular weight excluding hydrogens is 182 g/mol. The van der Waals surface area contributed by atoms with Gasteiger partial charge in [-0.3, -0.25) is 0 Å². The Morgan fingerprint density at radius 3 is 2.29 bits per heavy atom. The molecule has 2 nitrogen and oxygen atoms in total. The molecule has 1 rings (SSSR count). The second-order valence-corrected chi connectivity index (χ2v) is 3.79. The molecule has 0 atom stereocenters. The van der Waals surface area contributed by atoms with Crippen LogP contribution in [0.3, 0.4) is 0 Å². The van der Waals surface area contributed by atoms with Gasteiger partial charge in [0.1, 0.15) is 5.82 Å². The van der Waals surface area contributed by atoms with E-state index in [2.05, 4.69) is 0 Å². The summed E-state index contributed by atoms with van der Waals surface area (Å²) in [6.07, 6.45) is 0. The van der Waals surface area contributed by atoms with Crippen LogP contribution in [0.1, 0.15) is 30.9 Å². The maximum absolute atomic E-state index is 13.6. The lowest BCUT2D eigenvalue weighted by Crippen LogP contribution is -2.34. The van der Waals surface area contributed by atoms with E-state index in [1.807, 2.05) is 13.8 Å². The van der Waals surface area contributed by atoms with Gasteiger partial charge in [0, 0.05) is 5.46 Å². The topological polar surface area (TPSA) is 40.5 Å². The molecule has 4 heteroatoms. The van der Waals surface area contributed by atoms with Crippen LogP contribution in [-0.4, -0.2) is 17.2 Å². The normalized spacial score (nSPS) is 10.8. The van der Waals surface area contributed by atoms with Gasteiger partial charge in [-0.05, 0) is 18.4 Å². The average Bonchev–Trinajstić information content (AvgIpc) is 2.07. The van der Waals surface area contributed by atoms with Crippen molar-refractivity contribution in [1.82, 2.24) is 0 Å². The van der Waals surface area contributed by atoms with Crippen molar-refractivity contribution in [1.29, 1.82) is 0 Å². The van der Waals surface area contributed by atoms with Crippen LogP contribution in [0.4, 0.5) is 4.39 Å². The molecule has 0 radical (unpaired) electrons. The second-order valence-electron chi connectivity index (χ2n) is 3.79. The highest BCUT2D eigenvalue weighted by atomic mass is 19.1. The SMILES string of the molecule is Cc1cc(B(O)O)c(F)c(C(C)C)c1. The third kappa shape index (κ3) is 2.14. The third-order valence-corrected chi connectivity index (χ3v) is 2.17. The van der Waals surface area contributed by atoms with Gasteiger partial charge < -0.3 is 10.0 Å². The second kappa shape index (κ2) is 4.11. The number of halogens is 1. The molecule has 2 N–H and O–H groups in total. The fourth-order valence-corrected chi connectivity index (χ4v) is 1.43. The van der Waals surface area contributed by atoms with Gasteiger partial charge in [-0.15, -0.1) is 0 Å². The first-order valence-corrected chi connectivity index (χ1v) is 4.59. The lowest BCUT2D eigenvalue weighted by atomic mass is 9.77. The Labute approximate surface area is 83.5 Å². The Kier molecular flexibility index (Phi) is 3.29. The van der Waals surface area contributed by atoms with Crippen LogP contribution in [0.2, 0.25) is 0 Å². The molecule has 0 aliphatic rings. The monoisotopic (exact) mass is 196 g/mol. The molecule has 0 fully saturated rings. The minimum atomic E-state index is -1.74. The zero-order chi connectivity index (χ0) is 10.9. The first-order valence-electron chi connectivity index (χ1n) is 4.59. The van der Waals surface area contributed by atoms with E-state index in [1.165, 1.54) is 6.07 Å². The van der Waals surface area contributed by atoms with Crippen LogP contribution in [0.5, 0.6) is 0 Å². The summed E-state index contributed by atoms with van der Waals surface area (Å²) in [5.74, 6) is -0.479. The molecule has 0 saturated heterocycles. The van der Waals surface area contributed by atoms with E-state index in [0.717, 1.165) is 5.56 Å². The molecule has 0 spiro atoms. The highest BCUT2D eigenvalue weighted by Crippen LogP contribution is 2.18. The molecule has 0 aromatic heterocycles. The maximum Gasteiger partial charge on any atom is 0.491 e. The van der Waals surface area contributed by atoms with Gasteiger partial charge in [-0.2, -0.15) is 0 Å². The number of benzene rings is 1. The predicted octanol–water partition coefficient (Wildman–Crippen LogP) is 0.937. The fraction of sp³-hybridized carbons (Fsp3) is 0.400. The quantitative estimate of drug-likeness (QED) is 0.691. The first kappa shape index (κ1) is 11.2. The van der Waals surface area contributed by atoms with Gasteiger partial charge in [-0.1, -0.05) is 31.5 Å². The highest BCUT2D eigenvalue weighted by Gasteiger charge is 2.20. The van der Waals surface area contributed by atoms with E-state index in [9.17, 15) is 4.39 Å². The molecule has 0 heterocycles. The molecule has 76 valence electrons. The molecule has 0 unspecified atom stereocenters. The summed E-state index contributed by atoms with van der Waals surface area (Å²) in [7, 11) is -1.74. The Morgan fingerprint density at radius 2 is 1.86 bits per heavy atom. The largest absolute Gasteiger partial charge is 0.491 e. The molecule has 0 bridgehead atoms. The summed E-state index contributed by atoms with van der Waals surface area (Å²) in [6.45, 7) is 5.54. The highest BCUT2D eigenvalue weighted by molar-refractivity contribution is 6.58. The fourth-order valence-electron chi connectivity index (χ4n) is 1.43. The van der Waals surface area contributed by atoms with Crippen molar-refractivity contribution in [2.75, 3.05) is 0 Å². The summed E-state index contributed by atoms with van der Waals surface area (Å²) >= 11 is 0. The van der Waals surface area contributed by atoms with E-state index >= 15 is 0 Å². The van der Waals surface area contributed by atoms with Crippen LogP contribution in [0, 0.1) is 12.7 Å². The van der Waals surface area contributed by atoms with E-state index < -0.39 is 12.9 Å². The van der Waals surface area contributed by atoms with E-state index in [1.54, 1.807) is 13.0 Å². The molecular formula is C10H14BFO2. The lowest BCUT2D eigenvalue weighted by Gasteiger charge is -2.12. The Morgan fingerprint density at radius 1 is 1.29 bits per heavy atom. The zero-order valence-corrected chi connectivity index (χ0v) is 8.58. The molecule has 0 aliphatic heterocycles. The van der Waals surface area contributed by atoms with Crippen LogP contribution in [0.15, 0.2) is 12.1 Å². The molecule has 1 aromatic rings. The van der Waals surface area contributed by atoms with Gasteiger partial charge >= 0.3 is 7.12 Å². The Hall–Kier alpha value is -0.865. The summed E-state index contributed by atoms with van der Waals surface area (Å²) in [5, 5.41) is 17.9. The van der Waals surface area contributed by atoms with E-state index in [0.29, 0.717) is 5.56 Å². The third-order valence-electron chi connectivity index (χ3n) is 2.17.